The number of nitrogens with two attached hydrogens (primary N) is 2. The van der Waals surface area contributed by atoms with Crippen molar-refractivity contribution >= 4 is 104 Å². The zero-order valence-corrected chi connectivity index (χ0v) is 58.3. The standard InChI is InChI=1S/C62H94N16O20S2/c1-6-34(3)52(71-48(83)7-2)58(90)67-27-49(84)68-43-33-100(94)60-39(25-41(55(64)87)69-59(91)53(35(4)45(81)31-79)72-57(89)44-24-37(80)30-77(44)61(92)42(26-47(63)82)70-56(43)88)38-10-11-46(95-5)40(54(38)73-60)32-99-23-9-8-14-65-62(93)66-15-17-96-19-21-98-22-20-97-18-16-76-28-36(74-75-76)29-78-50(85)12-13-51(78)86/h10-11,28,34-35,37,41-45,52-53,73,79-81H,6-9,12-27,29-33H2,1-5H3,(H2,63,82)(H2,64,87)(H,67,90)(H,68,84)(H,69,91)(H,70,88)(H,71,83)(H,72,89)(H2,65,66,93)/t34-,35-,37+,41-,42-,43-,44-,45-,52-,53-,100?/m0/s1. The highest BCUT2D eigenvalue weighted by atomic mass is 32.2. The van der Waals surface area contributed by atoms with E-state index < -0.39 is 169 Å². The van der Waals surface area contributed by atoms with Crippen LogP contribution in [0.4, 0.5) is 4.79 Å². The van der Waals surface area contributed by atoms with Crippen LogP contribution >= 0.6 is 11.8 Å². The number of rotatable bonds is 36. The number of methoxy groups -OCH3 is 1. The molecular weight excluding hydrogens is 1350 g/mol. The molecule has 0 bridgehead atoms. The lowest BCUT2D eigenvalue weighted by atomic mass is 9.93. The Morgan fingerprint density at radius 3 is 2.21 bits per heavy atom. The number of fused-ring (bicyclic) bond motifs is 4. The molecule has 0 radical (unpaired) electrons. The molecule has 11 atom stereocenters. The fraction of sp³-hybridized carbons (Fsp3) is 0.645. The van der Waals surface area contributed by atoms with E-state index >= 15 is 4.21 Å². The maximum atomic E-state index is 15.3. The second-order valence-electron chi connectivity index (χ2n) is 24.3. The number of likely N-dealkylation sites (tertiary alicyclic amines) is 1. The van der Waals surface area contributed by atoms with Crippen molar-refractivity contribution in [3.05, 3.63) is 35.2 Å². The number of primary amides is 2. The molecule has 100 heavy (non-hydrogen) atoms. The van der Waals surface area contributed by atoms with Crippen LogP contribution in [0.25, 0.3) is 10.9 Å². The third kappa shape index (κ3) is 23.6. The van der Waals surface area contributed by atoms with E-state index in [4.69, 9.17) is 30.4 Å². The van der Waals surface area contributed by atoms with Crippen LogP contribution in [0.15, 0.2) is 23.4 Å². The van der Waals surface area contributed by atoms with Gasteiger partial charge in [0.05, 0.1) is 120 Å². The Morgan fingerprint density at radius 1 is 0.860 bits per heavy atom. The number of aromatic nitrogens is 4. The predicted octanol–water partition coefficient (Wildman–Crippen LogP) is -4.55. The number of thioether (sulfide) groups is 1. The first-order valence-corrected chi connectivity index (χ1v) is 35.5. The summed E-state index contributed by atoms with van der Waals surface area (Å²) in [4.78, 5) is 166. The molecule has 2 fully saturated rings. The van der Waals surface area contributed by atoms with E-state index in [1.54, 1.807) is 43.8 Å². The fourth-order valence-electron chi connectivity index (χ4n) is 11.1. The van der Waals surface area contributed by atoms with Crippen molar-refractivity contribution in [2.75, 3.05) is 91.0 Å². The van der Waals surface area contributed by atoms with Crippen molar-refractivity contribution in [3.63, 3.8) is 0 Å². The molecule has 554 valence electrons. The molecule has 1 unspecified atom stereocenters. The molecule has 36 nitrogen and oxygen atoms in total. The minimum absolute atomic E-state index is 0.0551. The molecule has 0 spiro atoms. The van der Waals surface area contributed by atoms with Crippen LogP contribution in [0.3, 0.4) is 0 Å². The van der Waals surface area contributed by atoms with Gasteiger partial charge in [0.15, 0.2) is 0 Å². The minimum Gasteiger partial charge on any atom is -0.496 e. The minimum atomic E-state index is -2.47. The zero-order chi connectivity index (χ0) is 73.2. The number of aromatic amines is 1. The van der Waals surface area contributed by atoms with Crippen LogP contribution in [-0.4, -0.2) is 260 Å². The molecule has 0 saturated carbocycles. The summed E-state index contributed by atoms with van der Waals surface area (Å²) in [6.07, 6.45) is -1.10. The summed E-state index contributed by atoms with van der Waals surface area (Å²) in [5.74, 6) is -10.7. The summed E-state index contributed by atoms with van der Waals surface area (Å²) in [5, 5.41) is 60.4. The van der Waals surface area contributed by atoms with Gasteiger partial charge < -0.3 is 98.2 Å². The highest BCUT2D eigenvalue weighted by molar-refractivity contribution is 7.98. The van der Waals surface area contributed by atoms with Gasteiger partial charge in [-0.3, -0.25) is 61.8 Å². The zero-order valence-electron chi connectivity index (χ0n) is 56.7. The lowest BCUT2D eigenvalue weighted by Gasteiger charge is -2.32. The maximum absolute atomic E-state index is 15.3. The van der Waals surface area contributed by atoms with Gasteiger partial charge in [-0.1, -0.05) is 39.3 Å². The van der Waals surface area contributed by atoms with Crippen LogP contribution in [-0.2, 0) is 103 Å². The average molecular weight is 1450 g/mol. The van der Waals surface area contributed by atoms with Crippen LogP contribution < -0.4 is 58.7 Å². The van der Waals surface area contributed by atoms with Crippen molar-refractivity contribution in [2.24, 2.45) is 23.3 Å². The molecule has 0 aliphatic carbocycles. The molecule has 13 amide bonds. The third-order valence-corrected chi connectivity index (χ3v) is 19.5. The lowest BCUT2D eigenvalue weighted by Crippen LogP contribution is -2.61. The molecule has 16 N–H and O–H groups in total. The van der Waals surface area contributed by atoms with E-state index in [1.165, 1.54) is 30.7 Å². The normalized spacial score (nSPS) is 21.3. The number of hydrogen-bond donors (Lipinski definition) is 14. The maximum Gasteiger partial charge on any atom is 0.314 e. The van der Waals surface area contributed by atoms with Gasteiger partial charge in [-0.15, -0.1) is 5.10 Å². The first-order chi connectivity index (χ1) is 47.8. The van der Waals surface area contributed by atoms with Crippen molar-refractivity contribution in [1.82, 2.24) is 72.3 Å². The number of imide groups is 1. The van der Waals surface area contributed by atoms with E-state index in [0.717, 1.165) is 4.90 Å². The van der Waals surface area contributed by atoms with Crippen molar-refractivity contribution in [2.45, 2.75) is 158 Å². The monoisotopic (exact) mass is 1450 g/mol. The Morgan fingerprint density at radius 2 is 1.55 bits per heavy atom. The number of carbonyl (C=O) groups excluding carboxylic acids is 12. The van der Waals surface area contributed by atoms with Gasteiger partial charge in [0, 0.05) is 74.4 Å². The number of unbranched alkanes of at least 4 members (excludes halogenated alkanes) is 1. The van der Waals surface area contributed by atoms with Gasteiger partial charge in [0.25, 0.3) is 0 Å². The quantitative estimate of drug-likeness (QED) is 0.0193. The van der Waals surface area contributed by atoms with Crippen molar-refractivity contribution in [3.8, 4) is 5.75 Å². The number of amides is 13. The highest BCUT2D eigenvalue weighted by Gasteiger charge is 2.45. The number of aliphatic hydroxyl groups is 3. The number of H-pyrrole nitrogens is 1. The molecule has 38 heteroatoms. The lowest BCUT2D eigenvalue weighted by molar-refractivity contribution is -0.144. The number of hydrogen-bond acceptors (Lipinski definition) is 23. The molecule has 3 aliphatic rings. The number of carbonyl (C=O) groups is 12. The largest absolute Gasteiger partial charge is 0.496 e. The summed E-state index contributed by atoms with van der Waals surface area (Å²) in [5.41, 5.74) is 13.1. The smallest absolute Gasteiger partial charge is 0.314 e. The SMILES string of the molecule is CCC(=O)N[C@H](C(=O)NCC(=O)N[C@H]1CS(=O)c2[nH]c3c(CSCCCCNC(=O)NCCOCCOCCOCCn4cc(CN5C(=O)CCC5=O)nn4)c(OC)ccc3c2C[C@@H](C(N)=O)NC(=O)[C@H]([C@@H](C)[C@@H](O)CO)NC(=O)[C@@H]2C[C@@H](O)CN2C(=O)[C@H](CC(N)=O)NC1=O)[C@@H](C)CC. The number of nitrogens with one attached hydrogen (secondary N) is 9. The van der Waals surface area contributed by atoms with E-state index in [9.17, 15) is 72.9 Å². The van der Waals surface area contributed by atoms with Crippen molar-refractivity contribution < 1.29 is 96.0 Å². The van der Waals surface area contributed by atoms with Crippen LogP contribution in [0.1, 0.15) is 95.9 Å². The summed E-state index contributed by atoms with van der Waals surface area (Å²) >= 11 is 1.48. The summed E-state index contributed by atoms with van der Waals surface area (Å²) < 4.78 is 39.4. The van der Waals surface area contributed by atoms with Gasteiger partial charge >= 0.3 is 6.03 Å². The average Bonchev–Trinajstić information content (AvgIpc) is 1.61. The molecular formula is C62H94N16O20S2. The Labute approximate surface area is 583 Å². The second kappa shape index (κ2) is 40.1. The fourth-order valence-corrected chi connectivity index (χ4v) is 13.5. The first kappa shape index (κ1) is 80.6. The van der Waals surface area contributed by atoms with E-state index in [0.29, 0.717) is 92.4 Å². The number of benzene rings is 1. The van der Waals surface area contributed by atoms with E-state index in [1.807, 2.05) is 0 Å². The number of aliphatic hydroxyl groups excluding tert-OH is 3. The highest BCUT2D eigenvalue weighted by Crippen LogP contribution is 2.36. The van der Waals surface area contributed by atoms with Gasteiger partial charge in [0.2, 0.25) is 65.0 Å². The number of urea groups is 1. The summed E-state index contributed by atoms with van der Waals surface area (Å²) in [7, 11) is -1.04. The third-order valence-electron chi connectivity index (χ3n) is 17.0. The summed E-state index contributed by atoms with van der Waals surface area (Å²) in [6.45, 7) is 7.05. The Balaban J connectivity index is 1.13. The molecule has 3 aromatic rings. The Bertz CT molecular complexity index is 3380. The van der Waals surface area contributed by atoms with Gasteiger partial charge in [-0.05, 0) is 42.2 Å². The van der Waals surface area contributed by atoms with Crippen LogP contribution in [0.2, 0.25) is 0 Å². The van der Waals surface area contributed by atoms with Gasteiger partial charge in [0.1, 0.15) is 52.7 Å². The van der Waals surface area contributed by atoms with E-state index in [-0.39, 0.29) is 79.6 Å². The number of nitrogens with zero attached hydrogens (tertiary/aromatic N) is 5. The topological polar surface area (TPSA) is 521 Å². The molecule has 6 rings (SSSR count). The number of ether oxygens (including phenoxy) is 4. The van der Waals surface area contributed by atoms with Crippen LogP contribution in [0.5, 0.6) is 5.75 Å². The second-order valence-corrected chi connectivity index (χ2v) is 26.8. The summed E-state index contributed by atoms with van der Waals surface area (Å²) in [6, 6.07) is -7.11. The Kier molecular flexibility index (Phi) is 32.3. The molecule has 3 aliphatic heterocycles. The molecule has 2 saturated heterocycles. The van der Waals surface area contributed by atoms with Gasteiger partial charge in [-0.2, -0.15) is 11.8 Å². The Hall–Kier alpha value is -8.40. The molecule has 1 aromatic carbocycles. The molecule has 2 aromatic heterocycles. The van der Waals surface area contributed by atoms with Gasteiger partial charge in [-0.25, -0.2) is 9.48 Å². The first-order valence-electron chi connectivity index (χ1n) is 33.0. The molecule has 5 heterocycles. The van der Waals surface area contributed by atoms with Crippen LogP contribution in [0, 0.1) is 11.8 Å². The predicted molar refractivity (Wildman–Crippen MR) is 358 cm³/mol. The van der Waals surface area contributed by atoms with Crippen molar-refractivity contribution in [1.29, 1.82) is 0 Å². The van der Waals surface area contributed by atoms with E-state index in [2.05, 4.69) is 57.8 Å².